The summed E-state index contributed by atoms with van der Waals surface area (Å²) in [6, 6.07) is 21.4. The molecular weight excluding hydrogens is 485 g/mol. The van der Waals surface area contributed by atoms with E-state index in [4.69, 9.17) is 4.74 Å². The molecule has 1 aromatic heterocycles. The number of para-hydroxylation sites is 1. The maximum absolute atomic E-state index is 14.1. The number of ether oxygens (including phenoxy) is 1. The number of benzene rings is 3. The van der Waals surface area contributed by atoms with Crippen LogP contribution in [0.25, 0.3) is 21.9 Å². The highest BCUT2D eigenvalue weighted by Crippen LogP contribution is 2.31. The van der Waals surface area contributed by atoms with E-state index < -0.39 is 12.6 Å². The zero-order valence-corrected chi connectivity index (χ0v) is 21.3. The van der Waals surface area contributed by atoms with Crippen molar-refractivity contribution in [3.8, 4) is 11.1 Å². The Hall–Kier alpha value is -4.46. The summed E-state index contributed by atoms with van der Waals surface area (Å²) < 4.78 is 20.9. The van der Waals surface area contributed by atoms with Gasteiger partial charge < -0.3 is 19.1 Å². The van der Waals surface area contributed by atoms with Crippen molar-refractivity contribution in [1.82, 2.24) is 9.47 Å². The number of carbonyl (C=O) groups excluding carboxylic acids is 2. The van der Waals surface area contributed by atoms with Crippen molar-refractivity contribution < 1.29 is 18.7 Å². The number of aromatic nitrogens is 1. The molecule has 0 aliphatic carbocycles. The highest BCUT2D eigenvalue weighted by atomic mass is 19.1. The first-order valence-electron chi connectivity index (χ1n) is 12.5. The SMILES string of the molecule is Cc1ccc(-c2c(C(=O)OCC(=O)N3CCN(c4ccccc4F)CC3)n(C)c(=O)c3ccccc23)cc1. The first-order chi connectivity index (χ1) is 18.3. The van der Waals surface area contributed by atoms with Crippen LogP contribution >= 0.6 is 0 Å². The van der Waals surface area contributed by atoms with E-state index in [1.54, 1.807) is 35.2 Å². The molecule has 0 N–H and O–H groups in total. The number of halogens is 1. The Kier molecular flexibility index (Phi) is 6.96. The molecule has 0 atom stereocenters. The second-order valence-corrected chi connectivity index (χ2v) is 9.39. The molecule has 0 spiro atoms. The smallest absolute Gasteiger partial charge is 0.356 e. The fourth-order valence-electron chi connectivity index (χ4n) is 4.91. The molecule has 1 amide bonds. The fourth-order valence-corrected chi connectivity index (χ4v) is 4.91. The third-order valence-electron chi connectivity index (χ3n) is 6.99. The molecule has 0 radical (unpaired) electrons. The summed E-state index contributed by atoms with van der Waals surface area (Å²) in [6.45, 7) is 3.22. The molecule has 38 heavy (non-hydrogen) atoms. The Labute approximate surface area is 219 Å². The fraction of sp³-hybridized carbons (Fsp3) is 0.233. The normalized spacial score (nSPS) is 13.6. The third kappa shape index (κ3) is 4.77. The molecule has 194 valence electrons. The Morgan fingerprint density at radius 1 is 0.868 bits per heavy atom. The van der Waals surface area contributed by atoms with Gasteiger partial charge in [0.15, 0.2) is 6.61 Å². The molecule has 0 unspecified atom stereocenters. The minimum atomic E-state index is -0.746. The lowest BCUT2D eigenvalue weighted by molar-refractivity contribution is -0.134. The minimum Gasteiger partial charge on any atom is -0.451 e. The van der Waals surface area contributed by atoms with Gasteiger partial charge in [-0.15, -0.1) is 0 Å². The number of carbonyl (C=O) groups is 2. The Morgan fingerprint density at radius 2 is 1.50 bits per heavy atom. The monoisotopic (exact) mass is 513 g/mol. The van der Waals surface area contributed by atoms with E-state index in [0.29, 0.717) is 48.2 Å². The molecule has 1 fully saturated rings. The van der Waals surface area contributed by atoms with Gasteiger partial charge >= 0.3 is 5.97 Å². The number of fused-ring (bicyclic) bond motifs is 1. The molecular formula is C30H28FN3O4. The highest BCUT2D eigenvalue weighted by molar-refractivity contribution is 6.07. The van der Waals surface area contributed by atoms with Crippen molar-refractivity contribution in [3.05, 3.63) is 100 Å². The van der Waals surface area contributed by atoms with E-state index >= 15 is 0 Å². The number of pyridine rings is 1. The zero-order chi connectivity index (χ0) is 26.8. The maximum atomic E-state index is 14.1. The van der Waals surface area contributed by atoms with Crippen LogP contribution in [0.15, 0.2) is 77.6 Å². The van der Waals surface area contributed by atoms with Crippen LogP contribution in [-0.4, -0.2) is 54.1 Å². The molecule has 2 heterocycles. The second-order valence-electron chi connectivity index (χ2n) is 9.39. The van der Waals surface area contributed by atoms with E-state index in [2.05, 4.69) is 0 Å². The number of hydrogen-bond acceptors (Lipinski definition) is 5. The predicted molar refractivity (Wildman–Crippen MR) is 145 cm³/mol. The summed E-state index contributed by atoms with van der Waals surface area (Å²) in [7, 11) is 1.53. The first-order valence-corrected chi connectivity index (χ1v) is 12.5. The van der Waals surface area contributed by atoms with Gasteiger partial charge in [-0.3, -0.25) is 9.59 Å². The number of anilines is 1. The molecule has 8 heteroatoms. The molecule has 4 aromatic rings. The van der Waals surface area contributed by atoms with Crippen LogP contribution in [-0.2, 0) is 16.6 Å². The van der Waals surface area contributed by atoms with Crippen molar-refractivity contribution in [2.24, 2.45) is 7.05 Å². The Morgan fingerprint density at radius 3 is 2.18 bits per heavy atom. The second kappa shape index (κ2) is 10.5. The van der Waals surface area contributed by atoms with Gasteiger partial charge in [-0.25, -0.2) is 9.18 Å². The van der Waals surface area contributed by atoms with Crippen LogP contribution in [0.4, 0.5) is 10.1 Å². The van der Waals surface area contributed by atoms with Gasteiger partial charge in [0.1, 0.15) is 11.5 Å². The molecule has 7 nitrogen and oxygen atoms in total. The van der Waals surface area contributed by atoms with Crippen LogP contribution in [0.2, 0.25) is 0 Å². The summed E-state index contributed by atoms with van der Waals surface area (Å²) in [5, 5.41) is 1.13. The number of piperazine rings is 1. The van der Waals surface area contributed by atoms with Crippen LogP contribution in [0.3, 0.4) is 0 Å². The van der Waals surface area contributed by atoms with Crippen molar-refractivity contribution in [3.63, 3.8) is 0 Å². The Balaban J connectivity index is 1.36. The summed E-state index contributed by atoms with van der Waals surface area (Å²) in [5.41, 5.74) is 2.69. The van der Waals surface area contributed by atoms with Crippen molar-refractivity contribution in [2.75, 3.05) is 37.7 Å². The quantitative estimate of drug-likeness (QED) is 0.375. The van der Waals surface area contributed by atoms with Crippen LogP contribution in [0.5, 0.6) is 0 Å². The standard InChI is InChI=1S/C30H28FN3O4/c1-20-11-13-21(14-12-20)27-22-7-3-4-8-23(22)29(36)32(2)28(27)30(37)38-19-26(35)34-17-15-33(16-18-34)25-10-6-5-9-24(25)31/h3-14H,15-19H2,1-2H3. The van der Waals surface area contributed by atoms with Crippen molar-refractivity contribution in [1.29, 1.82) is 0 Å². The number of esters is 1. The Bertz CT molecular complexity index is 1570. The number of hydrogen-bond donors (Lipinski definition) is 0. The van der Waals surface area contributed by atoms with Gasteiger partial charge in [0, 0.05) is 44.2 Å². The van der Waals surface area contributed by atoms with Gasteiger partial charge in [0.2, 0.25) is 0 Å². The van der Waals surface area contributed by atoms with Crippen LogP contribution in [0, 0.1) is 12.7 Å². The van der Waals surface area contributed by atoms with Crippen LogP contribution < -0.4 is 10.5 Å². The largest absolute Gasteiger partial charge is 0.451 e. The lowest BCUT2D eigenvalue weighted by Gasteiger charge is -2.36. The number of amides is 1. The number of aryl methyl sites for hydroxylation is 1. The number of rotatable bonds is 5. The lowest BCUT2D eigenvalue weighted by atomic mass is 9.96. The summed E-state index contributed by atoms with van der Waals surface area (Å²) in [5.74, 6) is -1.38. The molecule has 5 rings (SSSR count). The van der Waals surface area contributed by atoms with E-state index in [1.165, 1.54) is 17.7 Å². The van der Waals surface area contributed by atoms with E-state index in [-0.39, 0.29) is 23.0 Å². The van der Waals surface area contributed by atoms with Crippen molar-refractivity contribution in [2.45, 2.75) is 6.92 Å². The minimum absolute atomic E-state index is 0.0923. The summed E-state index contributed by atoms with van der Waals surface area (Å²) in [6.07, 6.45) is 0. The van der Waals surface area contributed by atoms with Crippen molar-refractivity contribution >= 4 is 28.3 Å². The summed E-state index contributed by atoms with van der Waals surface area (Å²) >= 11 is 0. The molecule has 1 aliphatic rings. The van der Waals surface area contributed by atoms with Crippen LogP contribution in [0.1, 0.15) is 16.1 Å². The van der Waals surface area contributed by atoms with Gasteiger partial charge in [-0.05, 0) is 36.1 Å². The first kappa shape index (κ1) is 25.2. The zero-order valence-electron chi connectivity index (χ0n) is 21.3. The molecule has 1 saturated heterocycles. The molecule has 0 saturated carbocycles. The summed E-state index contributed by atoms with van der Waals surface area (Å²) in [4.78, 5) is 42.9. The predicted octanol–water partition coefficient (Wildman–Crippen LogP) is 4.16. The molecule has 3 aromatic carbocycles. The average molecular weight is 514 g/mol. The van der Waals surface area contributed by atoms with Gasteiger partial charge in [0.25, 0.3) is 11.5 Å². The third-order valence-corrected chi connectivity index (χ3v) is 6.99. The van der Waals surface area contributed by atoms with E-state index in [1.807, 2.05) is 48.2 Å². The molecule has 1 aliphatic heterocycles. The van der Waals surface area contributed by atoms with Gasteiger partial charge in [-0.2, -0.15) is 0 Å². The number of nitrogens with zero attached hydrogens (tertiary/aromatic N) is 3. The van der Waals surface area contributed by atoms with Gasteiger partial charge in [-0.1, -0.05) is 60.2 Å². The lowest BCUT2D eigenvalue weighted by Crippen LogP contribution is -2.50. The van der Waals surface area contributed by atoms with E-state index in [9.17, 15) is 18.8 Å². The topological polar surface area (TPSA) is 71.9 Å². The average Bonchev–Trinajstić information content (AvgIpc) is 2.94. The highest BCUT2D eigenvalue weighted by Gasteiger charge is 2.26. The van der Waals surface area contributed by atoms with Gasteiger partial charge in [0.05, 0.1) is 5.69 Å². The van der Waals surface area contributed by atoms with E-state index in [0.717, 1.165) is 11.1 Å². The molecule has 0 bridgehead atoms. The maximum Gasteiger partial charge on any atom is 0.356 e.